The van der Waals surface area contributed by atoms with Gasteiger partial charge in [-0.1, -0.05) is 87.5 Å². The standard InChI is InChI=1S/C36H37N3O2/c1-4-26-16-20-29(21-17-26)35(40)38(25-24-28-12-8-7-9-13-28)33(6-3)34-37-32-15-11-10-14-31(32)36(41)39(34)30-22-18-27(5-2)19-23-30/h7-23,33H,4-6,24-25H2,1-3H3. The van der Waals surface area contributed by atoms with E-state index in [4.69, 9.17) is 4.98 Å². The summed E-state index contributed by atoms with van der Waals surface area (Å²) in [4.78, 5) is 35.3. The van der Waals surface area contributed by atoms with Crippen molar-refractivity contribution in [2.24, 2.45) is 0 Å². The van der Waals surface area contributed by atoms with Crippen LogP contribution in [-0.2, 0) is 19.3 Å². The lowest BCUT2D eigenvalue weighted by Gasteiger charge is -2.32. The number of fused-ring (bicyclic) bond motifs is 1. The highest BCUT2D eigenvalue weighted by molar-refractivity contribution is 5.94. The first-order chi connectivity index (χ1) is 20.0. The predicted molar refractivity (Wildman–Crippen MR) is 167 cm³/mol. The highest BCUT2D eigenvalue weighted by Crippen LogP contribution is 2.28. The van der Waals surface area contributed by atoms with Crippen LogP contribution < -0.4 is 5.56 Å². The second kappa shape index (κ2) is 12.8. The van der Waals surface area contributed by atoms with Gasteiger partial charge in [0.1, 0.15) is 5.82 Å². The van der Waals surface area contributed by atoms with Crippen molar-refractivity contribution in [3.05, 3.63) is 142 Å². The number of rotatable bonds is 10. The van der Waals surface area contributed by atoms with Crippen LogP contribution in [0.4, 0.5) is 0 Å². The highest BCUT2D eigenvalue weighted by Gasteiger charge is 2.29. The Bertz CT molecular complexity index is 1670. The number of nitrogens with zero attached hydrogens (tertiary/aromatic N) is 3. The van der Waals surface area contributed by atoms with Crippen molar-refractivity contribution in [3.8, 4) is 5.69 Å². The molecule has 5 aromatic rings. The smallest absolute Gasteiger partial charge is 0.266 e. The minimum atomic E-state index is -0.416. The zero-order chi connectivity index (χ0) is 28.8. The number of amides is 1. The van der Waals surface area contributed by atoms with Gasteiger partial charge in [-0.25, -0.2) is 4.98 Å². The lowest BCUT2D eigenvalue weighted by Crippen LogP contribution is -2.39. The van der Waals surface area contributed by atoms with Gasteiger partial charge in [0.25, 0.3) is 11.5 Å². The van der Waals surface area contributed by atoms with E-state index in [0.717, 1.165) is 24.1 Å². The fourth-order valence-corrected chi connectivity index (χ4v) is 5.39. The first-order valence-corrected chi connectivity index (χ1v) is 14.6. The molecule has 1 atom stereocenters. The van der Waals surface area contributed by atoms with Crippen LogP contribution in [0.3, 0.4) is 0 Å². The Kier molecular flexibility index (Phi) is 8.73. The average molecular weight is 544 g/mol. The van der Waals surface area contributed by atoms with E-state index in [2.05, 4.69) is 45.0 Å². The van der Waals surface area contributed by atoms with E-state index in [0.29, 0.717) is 41.7 Å². The summed E-state index contributed by atoms with van der Waals surface area (Å²) in [5.74, 6) is 0.512. The lowest BCUT2D eigenvalue weighted by atomic mass is 10.0. The van der Waals surface area contributed by atoms with Gasteiger partial charge in [0, 0.05) is 12.1 Å². The van der Waals surface area contributed by atoms with Gasteiger partial charge < -0.3 is 4.90 Å². The summed E-state index contributed by atoms with van der Waals surface area (Å²) in [6.07, 6.45) is 3.12. The predicted octanol–water partition coefficient (Wildman–Crippen LogP) is 7.35. The van der Waals surface area contributed by atoms with Crippen molar-refractivity contribution >= 4 is 16.8 Å². The van der Waals surface area contributed by atoms with Crippen molar-refractivity contribution < 1.29 is 4.79 Å². The van der Waals surface area contributed by atoms with Gasteiger partial charge >= 0.3 is 0 Å². The molecule has 0 aliphatic carbocycles. The third-order valence-electron chi connectivity index (χ3n) is 7.82. The normalized spacial score (nSPS) is 11.9. The monoisotopic (exact) mass is 543 g/mol. The quantitative estimate of drug-likeness (QED) is 0.185. The molecular formula is C36H37N3O2. The fourth-order valence-electron chi connectivity index (χ4n) is 5.39. The largest absolute Gasteiger partial charge is 0.328 e. The Morgan fingerprint density at radius 1 is 0.756 bits per heavy atom. The molecule has 208 valence electrons. The zero-order valence-electron chi connectivity index (χ0n) is 24.1. The number of hydrogen-bond donors (Lipinski definition) is 0. The van der Waals surface area contributed by atoms with Crippen molar-refractivity contribution in [1.29, 1.82) is 0 Å². The minimum absolute atomic E-state index is 0.0641. The second-order valence-electron chi connectivity index (χ2n) is 10.4. The Labute approximate surface area is 242 Å². The fraction of sp³-hybridized carbons (Fsp3) is 0.250. The summed E-state index contributed by atoms with van der Waals surface area (Å²) in [5.41, 5.74) is 5.42. The van der Waals surface area contributed by atoms with Crippen molar-refractivity contribution in [1.82, 2.24) is 14.5 Å². The SMILES string of the molecule is CCc1ccc(C(=O)N(CCc2ccccc2)C(CC)c2nc3ccccc3c(=O)n2-c2ccc(CC)cc2)cc1. The molecule has 5 rings (SSSR count). The molecule has 1 unspecified atom stereocenters. The Hall–Kier alpha value is -4.51. The molecule has 0 aliphatic heterocycles. The van der Waals surface area contributed by atoms with Gasteiger partial charge in [-0.2, -0.15) is 0 Å². The molecule has 0 spiro atoms. The molecule has 0 saturated carbocycles. The van der Waals surface area contributed by atoms with Crippen LogP contribution in [0.1, 0.15) is 66.1 Å². The first kappa shape index (κ1) is 28.0. The van der Waals surface area contributed by atoms with Gasteiger partial charge in [-0.15, -0.1) is 0 Å². The lowest BCUT2D eigenvalue weighted by molar-refractivity contribution is 0.0662. The molecule has 5 heteroatoms. The number of benzene rings is 4. The average Bonchev–Trinajstić information content (AvgIpc) is 3.03. The molecule has 0 radical (unpaired) electrons. The van der Waals surface area contributed by atoms with Crippen LogP contribution in [0.2, 0.25) is 0 Å². The number of carbonyl (C=O) groups is 1. The van der Waals surface area contributed by atoms with Crippen LogP contribution in [0.25, 0.3) is 16.6 Å². The maximum absolute atomic E-state index is 14.2. The van der Waals surface area contributed by atoms with E-state index < -0.39 is 6.04 Å². The molecule has 5 nitrogen and oxygen atoms in total. The molecule has 0 fully saturated rings. The number of hydrogen-bond acceptors (Lipinski definition) is 3. The zero-order valence-corrected chi connectivity index (χ0v) is 24.1. The van der Waals surface area contributed by atoms with Crippen LogP contribution in [0, 0.1) is 0 Å². The summed E-state index contributed by atoms with van der Waals surface area (Å²) >= 11 is 0. The summed E-state index contributed by atoms with van der Waals surface area (Å²) < 4.78 is 1.71. The molecule has 0 saturated heterocycles. The van der Waals surface area contributed by atoms with E-state index >= 15 is 0 Å². The maximum atomic E-state index is 14.2. The van der Waals surface area contributed by atoms with Gasteiger partial charge in [-0.05, 0) is 78.8 Å². The Morgan fingerprint density at radius 2 is 1.37 bits per heavy atom. The van der Waals surface area contributed by atoms with Crippen LogP contribution in [-0.4, -0.2) is 26.9 Å². The first-order valence-electron chi connectivity index (χ1n) is 14.6. The van der Waals surface area contributed by atoms with Gasteiger partial charge in [0.15, 0.2) is 0 Å². The van der Waals surface area contributed by atoms with E-state index in [1.54, 1.807) is 4.57 Å². The summed E-state index contributed by atoms with van der Waals surface area (Å²) in [5, 5.41) is 0.558. The van der Waals surface area contributed by atoms with Gasteiger partial charge in [0.2, 0.25) is 0 Å². The highest BCUT2D eigenvalue weighted by atomic mass is 16.2. The van der Waals surface area contributed by atoms with Gasteiger partial charge in [0.05, 0.1) is 22.6 Å². The Morgan fingerprint density at radius 3 is 2.00 bits per heavy atom. The van der Waals surface area contributed by atoms with E-state index in [1.165, 1.54) is 11.1 Å². The maximum Gasteiger partial charge on any atom is 0.266 e. The molecule has 1 aromatic heterocycles. The Balaban J connectivity index is 1.66. The van der Waals surface area contributed by atoms with E-state index in [-0.39, 0.29) is 11.5 Å². The molecule has 0 bridgehead atoms. The van der Waals surface area contributed by atoms with Gasteiger partial charge in [-0.3, -0.25) is 14.2 Å². The van der Waals surface area contributed by atoms with Crippen molar-refractivity contribution in [2.75, 3.05) is 6.54 Å². The van der Waals surface area contributed by atoms with Crippen molar-refractivity contribution in [2.45, 2.75) is 52.5 Å². The summed E-state index contributed by atoms with van der Waals surface area (Å²) in [7, 11) is 0. The molecule has 0 N–H and O–H groups in total. The molecule has 1 amide bonds. The summed E-state index contributed by atoms with van der Waals surface area (Å²) in [6, 6.07) is 33.1. The van der Waals surface area contributed by atoms with Crippen LogP contribution >= 0.6 is 0 Å². The molecule has 41 heavy (non-hydrogen) atoms. The van der Waals surface area contributed by atoms with Crippen molar-refractivity contribution in [3.63, 3.8) is 0 Å². The molecule has 1 heterocycles. The number of carbonyl (C=O) groups excluding carboxylic acids is 1. The second-order valence-corrected chi connectivity index (χ2v) is 10.4. The van der Waals surface area contributed by atoms with E-state index in [9.17, 15) is 9.59 Å². The van der Waals surface area contributed by atoms with Crippen LogP contribution in [0.15, 0.2) is 108 Å². The summed E-state index contributed by atoms with van der Waals surface area (Å²) in [6.45, 7) is 6.77. The number of aromatic nitrogens is 2. The number of aryl methyl sites for hydroxylation is 2. The molecule has 0 aliphatic rings. The third kappa shape index (κ3) is 5.99. The molecule has 4 aromatic carbocycles. The van der Waals surface area contributed by atoms with Crippen LogP contribution in [0.5, 0.6) is 0 Å². The topological polar surface area (TPSA) is 55.2 Å². The number of para-hydroxylation sites is 1. The van der Waals surface area contributed by atoms with E-state index in [1.807, 2.05) is 83.8 Å². The third-order valence-corrected chi connectivity index (χ3v) is 7.82. The molecular weight excluding hydrogens is 506 g/mol. The minimum Gasteiger partial charge on any atom is -0.328 e.